The quantitative estimate of drug-likeness (QED) is 0.280. The Bertz CT molecular complexity index is 192. The fraction of sp³-hybridized carbons (Fsp3) is 0.889. The standard InChI is InChI=1S/C18H34/c1-4-7-9-11-13-16-18(15-6-3)17-14-12-10-8-5-2/h18H,4-5,7-14,16-17H2,1-3H3. The van der Waals surface area contributed by atoms with Crippen LogP contribution in [0.15, 0.2) is 0 Å². The Labute approximate surface area is 116 Å². The molecule has 0 saturated carbocycles. The van der Waals surface area contributed by atoms with Crippen LogP contribution in [0.2, 0.25) is 0 Å². The lowest BCUT2D eigenvalue weighted by Crippen LogP contribution is -1.98. The van der Waals surface area contributed by atoms with Crippen LogP contribution in [-0.4, -0.2) is 0 Å². The van der Waals surface area contributed by atoms with E-state index in [1.165, 1.54) is 77.0 Å². The van der Waals surface area contributed by atoms with Gasteiger partial charge in [-0.1, -0.05) is 78.1 Å². The van der Waals surface area contributed by atoms with E-state index in [4.69, 9.17) is 0 Å². The highest BCUT2D eigenvalue weighted by atomic mass is 14.1. The molecule has 106 valence electrons. The lowest BCUT2D eigenvalue weighted by Gasteiger charge is -2.10. The van der Waals surface area contributed by atoms with Crippen molar-refractivity contribution in [2.24, 2.45) is 5.92 Å². The highest BCUT2D eigenvalue weighted by molar-refractivity contribution is 5.00. The Morgan fingerprint density at radius 1 is 0.667 bits per heavy atom. The first-order valence-electron chi connectivity index (χ1n) is 8.27. The zero-order valence-corrected chi connectivity index (χ0v) is 13.1. The van der Waals surface area contributed by atoms with Gasteiger partial charge in [0.2, 0.25) is 0 Å². The van der Waals surface area contributed by atoms with E-state index >= 15 is 0 Å². The van der Waals surface area contributed by atoms with Crippen molar-refractivity contribution >= 4 is 0 Å². The van der Waals surface area contributed by atoms with Crippen LogP contribution in [0, 0.1) is 17.8 Å². The van der Waals surface area contributed by atoms with E-state index in [0.29, 0.717) is 5.92 Å². The summed E-state index contributed by atoms with van der Waals surface area (Å²) in [7, 11) is 0. The van der Waals surface area contributed by atoms with Gasteiger partial charge in [-0.2, -0.15) is 0 Å². The van der Waals surface area contributed by atoms with E-state index in [1.54, 1.807) is 0 Å². The maximum absolute atomic E-state index is 3.41. The molecule has 0 aliphatic carbocycles. The molecule has 0 aliphatic heterocycles. The molecule has 0 bridgehead atoms. The second kappa shape index (κ2) is 14.6. The van der Waals surface area contributed by atoms with E-state index in [9.17, 15) is 0 Å². The van der Waals surface area contributed by atoms with Crippen LogP contribution in [0.5, 0.6) is 0 Å². The van der Waals surface area contributed by atoms with E-state index in [-0.39, 0.29) is 0 Å². The molecule has 0 aromatic carbocycles. The Kier molecular flexibility index (Phi) is 14.3. The Morgan fingerprint density at radius 2 is 1.11 bits per heavy atom. The molecule has 0 radical (unpaired) electrons. The lowest BCUT2D eigenvalue weighted by molar-refractivity contribution is 0.479. The van der Waals surface area contributed by atoms with Crippen molar-refractivity contribution in [2.75, 3.05) is 0 Å². The molecule has 18 heavy (non-hydrogen) atoms. The van der Waals surface area contributed by atoms with Gasteiger partial charge >= 0.3 is 0 Å². The molecule has 0 saturated heterocycles. The van der Waals surface area contributed by atoms with E-state index in [0.717, 1.165) is 0 Å². The molecule has 0 spiro atoms. The van der Waals surface area contributed by atoms with Gasteiger partial charge in [0, 0.05) is 5.92 Å². The Morgan fingerprint density at radius 3 is 1.50 bits per heavy atom. The van der Waals surface area contributed by atoms with Crippen molar-refractivity contribution in [2.45, 2.75) is 97.8 Å². The predicted molar refractivity (Wildman–Crippen MR) is 83.7 cm³/mol. The van der Waals surface area contributed by atoms with Crippen LogP contribution in [0.3, 0.4) is 0 Å². The molecular formula is C18H34. The van der Waals surface area contributed by atoms with Gasteiger partial charge in [0.05, 0.1) is 0 Å². The summed E-state index contributed by atoms with van der Waals surface area (Å²) >= 11 is 0. The third-order valence-electron chi connectivity index (χ3n) is 3.66. The van der Waals surface area contributed by atoms with Crippen LogP contribution in [0.4, 0.5) is 0 Å². The summed E-state index contributed by atoms with van der Waals surface area (Å²) in [4.78, 5) is 0. The average Bonchev–Trinajstić information content (AvgIpc) is 2.38. The number of hydrogen-bond donors (Lipinski definition) is 0. The molecule has 0 fully saturated rings. The van der Waals surface area contributed by atoms with Crippen molar-refractivity contribution in [3.05, 3.63) is 0 Å². The van der Waals surface area contributed by atoms with Crippen molar-refractivity contribution in [3.8, 4) is 11.8 Å². The average molecular weight is 250 g/mol. The van der Waals surface area contributed by atoms with Crippen molar-refractivity contribution < 1.29 is 0 Å². The summed E-state index contributed by atoms with van der Waals surface area (Å²) in [6, 6.07) is 0. The minimum Gasteiger partial charge on any atom is -0.106 e. The first-order chi connectivity index (χ1) is 8.85. The molecule has 0 rings (SSSR count). The maximum atomic E-state index is 3.41. The van der Waals surface area contributed by atoms with E-state index in [2.05, 4.69) is 25.7 Å². The third-order valence-corrected chi connectivity index (χ3v) is 3.66. The van der Waals surface area contributed by atoms with Gasteiger partial charge in [0.15, 0.2) is 0 Å². The SMILES string of the molecule is CC#CC(CCCCCCC)CCCCCCC. The predicted octanol–water partition coefficient (Wildman–Crippen LogP) is 6.35. The minimum atomic E-state index is 0.679. The molecule has 0 atom stereocenters. The molecule has 0 nitrogen and oxygen atoms in total. The molecule has 0 heteroatoms. The van der Waals surface area contributed by atoms with E-state index in [1.807, 2.05) is 6.92 Å². The Hall–Kier alpha value is -0.440. The number of rotatable bonds is 12. The summed E-state index contributed by atoms with van der Waals surface area (Å²) < 4.78 is 0. The Balaban J connectivity index is 3.55. The van der Waals surface area contributed by atoms with Crippen LogP contribution in [-0.2, 0) is 0 Å². The molecular weight excluding hydrogens is 216 g/mol. The summed E-state index contributed by atoms with van der Waals surface area (Å²) in [6.45, 7) is 6.55. The van der Waals surface area contributed by atoms with E-state index < -0.39 is 0 Å². The van der Waals surface area contributed by atoms with Gasteiger partial charge in [-0.05, 0) is 19.8 Å². The van der Waals surface area contributed by atoms with Crippen LogP contribution < -0.4 is 0 Å². The van der Waals surface area contributed by atoms with Gasteiger partial charge in [0.25, 0.3) is 0 Å². The van der Waals surface area contributed by atoms with Crippen LogP contribution in [0.25, 0.3) is 0 Å². The lowest BCUT2D eigenvalue weighted by atomic mass is 9.95. The maximum Gasteiger partial charge on any atom is 0.0202 e. The van der Waals surface area contributed by atoms with Crippen LogP contribution >= 0.6 is 0 Å². The largest absolute Gasteiger partial charge is 0.106 e. The first-order valence-corrected chi connectivity index (χ1v) is 8.27. The topological polar surface area (TPSA) is 0 Å². The number of hydrogen-bond acceptors (Lipinski definition) is 0. The smallest absolute Gasteiger partial charge is 0.0202 e. The zero-order chi connectivity index (χ0) is 13.5. The highest BCUT2D eigenvalue weighted by Gasteiger charge is 2.04. The molecule has 0 amide bonds. The monoisotopic (exact) mass is 250 g/mol. The zero-order valence-electron chi connectivity index (χ0n) is 13.1. The second-order valence-corrected chi connectivity index (χ2v) is 5.50. The van der Waals surface area contributed by atoms with Gasteiger partial charge in [0.1, 0.15) is 0 Å². The molecule has 0 aromatic rings. The molecule has 0 aromatic heterocycles. The fourth-order valence-electron chi connectivity index (χ4n) is 2.48. The summed E-state index contributed by atoms with van der Waals surface area (Å²) in [6.07, 6.45) is 16.6. The normalized spacial score (nSPS) is 10.4. The van der Waals surface area contributed by atoms with Crippen molar-refractivity contribution in [3.63, 3.8) is 0 Å². The van der Waals surface area contributed by atoms with Gasteiger partial charge < -0.3 is 0 Å². The summed E-state index contributed by atoms with van der Waals surface area (Å²) in [5.41, 5.74) is 0. The molecule has 0 N–H and O–H groups in total. The molecule has 0 heterocycles. The molecule has 0 aliphatic rings. The van der Waals surface area contributed by atoms with Crippen molar-refractivity contribution in [1.82, 2.24) is 0 Å². The minimum absolute atomic E-state index is 0.679. The molecule has 0 unspecified atom stereocenters. The van der Waals surface area contributed by atoms with Gasteiger partial charge in [-0.3, -0.25) is 0 Å². The van der Waals surface area contributed by atoms with Gasteiger partial charge in [-0.25, -0.2) is 0 Å². The van der Waals surface area contributed by atoms with Gasteiger partial charge in [-0.15, -0.1) is 11.8 Å². The highest BCUT2D eigenvalue weighted by Crippen LogP contribution is 2.18. The summed E-state index contributed by atoms with van der Waals surface area (Å²) in [5, 5.41) is 0. The fourth-order valence-corrected chi connectivity index (χ4v) is 2.48. The number of unbranched alkanes of at least 4 members (excludes halogenated alkanes) is 8. The van der Waals surface area contributed by atoms with Crippen LogP contribution in [0.1, 0.15) is 97.8 Å². The second-order valence-electron chi connectivity index (χ2n) is 5.50. The first kappa shape index (κ1) is 17.6. The summed E-state index contributed by atoms with van der Waals surface area (Å²) in [5.74, 6) is 7.22. The third kappa shape index (κ3) is 12.0. The van der Waals surface area contributed by atoms with Crippen molar-refractivity contribution in [1.29, 1.82) is 0 Å².